The number of aliphatic hydroxyl groups is 3. The minimum absolute atomic E-state index is 0.00169. The van der Waals surface area contributed by atoms with Gasteiger partial charge in [0.05, 0.1) is 6.10 Å². The molecule has 0 radical (unpaired) electrons. The lowest BCUT2D eigenvalue weighted by atomic mass is 9.44. The van der Waals surface area contributed by atoms with Crippen LogP contribution in [0.1, 0.15) is 52.4 Å². The van der Waals surface area contributed by atoms with Crippen LogP contribution in [0.25, 0.3) is 0 Å². The second-order valence-corrected chi connectivity index (χ2v) is 9.72. The third kappa shape index (κ3) is 2.01. The number of halogens is 1. The van der Waals surface area contributed by atoms with Crippen molar-refractivity contribution < 1.29 is 29.3 Å². The van der Waals surface area contributed by atoms with E-state index in [-0.39, 0.29) is 31.0 Å². The van der Waals surface area contributed by atoms with Gasteiger partial charge in [0, 0.05) is 23.2 Å². The van der Waals surface area contributed by atoms with Gasteiger partial charge in [-0.1, -0.05) is 26.0 Å². The van der Waals surface area contributed by atoms with Crippen LogP contribution in [0.5, 0.6) is 0 Å². The number of rotatable bonds is 2. The molecule has 4 rings (SSSR count). The van der Waals surface area contributed by atoms with E-state index in [9.17, 15) is 24.9 Å². The molecule has 5 nitrogen and oxygen atoms in total. The van der Waals surface area contributed by atoms with E-state index < -0.39 is 46.5 Å². The zero-order valence-corrected chi connectivity index (χ0v) is 16.5. The number of allylic oxidation sites excluding steroid dienone is 1. The first-order valence-corrected chi connectivity index (χ1v) is 10.1. The molecule has 7 atom stereocenters. The molecular formula is C22H29FO5. The van der Waals surface area contributed by atoms with Gasteiger partial charge in [0.2, 0.25) is 0 Å². The SMILES string of the molecule is C=C1C[C@H]2[C@@H]3CCC4=CC(=O)CC[C@]4(C)[C@@]3(F)[C@@H](O)C[C@]2(C)[C@@]1(O)C(=O)CO. The fourth-order valence-corrected chi connectivity index (χ4v) is 7.16. The van der Waals surface area contributed by atoms with Crippen LogP contribution in [0.3, 0.4) is 0 Å². The van der Waals surface area contributed by atoms with Crippen molar-refractivity contribution in [3.8, 4) is 0 Å². The molecule has 28 heavy (non-hydrogen) atoms. The fraction of sp³-hybridized carbons (Fsp3) is 0.727. The van der Waals surface area contributed by atoms with Crippen molar-refractivity contribution in [1.29, 1.82) is 0 Å². The number of ketones is 2. The summed E-state index contributed by atoms with van der Waals surface area (Å²) in [4.78, 5) is 24.4. The van der Waals surface area contributed by atoms with Crippen molar-refractivity contribution in [3.05, 3.63) is 23.8 Å². The summed E-state index contributed by atoms with van der Waals surface area (Å²) in [6.07, 6.45) is 1.98. The molecule has 3 fully saturated rings. The van der Waals surface area contributed by atoms with Crippen LogP contribution in [-0.2, 0) is 9.59 Å². The first-order valence-electron chi connectivity index (χ1n) is 10.1. The topological polar surface area (TPSA) is 94.8 Å². The fourth-order valence-electron chi connectivity index (χ4n) is 7.16. The molecule has 0 aromatic carbocycles. The number of carbonyl (C=O) groups excluding carboxylic acids is 2. The van der Waals surface area contributed by atoms with Crippen molar-refractivity contribution >= 4 is 11.6 Å². The predicted octanol–water partition coefficient (Wildman–Crippen LogP) is 2.04. The highest BCUT2D eigenvalue weighted by molar-refractivity contribution is 5.93. The second kappa shape index (κ2) is 5.83. The Morgan fingerprint density at radius 1 is 1.32 bits per heavy atom. The lowest BCUT2D eigenvalue weighted by Crippen LogP contribution is -2.69. The largest absolute Gasteiger partial charge is 0.390 e. The van der Waals surface area contributed by atoms with Gasteiger partial charge < -0.3 is 15.3 Å². The first-order chi connectivity index (χ1) is 13.0. The highest BCUT2D eigenvalue weighted by Crippen LogP contribution is 2.71. The Morgan fingerprint density at radius 2 is 2.00 bits per heavy atom. The third-order valence-electron chi connectivity index (χ3n) is 8.78. The normalized spacial score (nSPS) is 50.5. The average Bonchev–Trinajstić information content (AvgIpc) is 2.84. The Hall–Kier alpha value is -1.37. The minimum Gasteiger partial charge on any atom is -0.390 e. The molecule has 0 bridgehead atoms. The molecule has 4 aliphatic rings. The monoisotopic (exact) mass is 392 g/mol. The lowest BCUT2D eigenvalue weighted by Gasteiger charge is -2.63. The second-order valence-electron chi connectivity index (χ2n) is 9.72. The van der Waals surface area contributed by atoms with E-state index in [2.05, 4.69) is 6.58 Å². The molecule has 0 aromatic heterocycles. The predicted molar refractivity (Wildman–Crippen MR) is 100 cm³/mol. The van der Waals surface area contributed by atoms with Crippen molar-refractivity contribution in [3.63, 3.8) is 0 Å². The van der Waals surface area contributed by atoms with Crippen molar-refractivity contribution in [2.24, 2.45) is 22.7 Å². The highest BCUT2D eigenvalue weighted by Gasteiger charge is 2.75. The molecule has 3 N–H and O–H groups in total. The Bertz CT molecular complexity index is 805. The summed E-state index contributed by atoms with van der Waals surface area (Å²) in [7, 11) is 0. The molecule has 0 amide bonds. The van der Waals surface area contributed by atoms with Gasteiger partial charge in [-0.05, 0) is 49.7 Å². The Kier molecular flexibility index (Phi) is 4.15. The molecule has 154 valence electrons. The molecule has 0 saturated heterocycles. The molecule has 0 spiro atoms. The van der Waals surface area contributed by atoms with Crippen molar-refractivity contribution in [1.82, 2.24) is 0 Å². The molecule has 0 aliphatic heterocycles. The van der Waals surface area contributed by atoms with Crippen LogP contribution in [-0.4, -0.2) is 50.9 Å². The van der Waals surface area contributed by atoms with E-state index in [1.807, 2.05) is 0 Å². The van der Waals surface area contributed by atoms with Gasteiger partial charge in [0.25, 0.3) is 0 Å². The van der Waals surface area contributed by atoms with Gasteiger partial charge in [-0.2, -0.15) is 0 Å². The summed E-state index contributed by atoms with van der Waals surface area (Å²) >= 11 is 0. The maximum Gasteiger partial charge on any atom is 0.194 e. The molecular weight excluding hydrogens is 363 g/mol. The Labute approximate surface area is 164 Å². The smallest absolute Gasteiger partial charge is 0.194 e. The van der Waals surface area contributed by atoms with Gasteiger partial charge >= 0.3 is 0 Å². The van der Waals surface area contributed by atoms with E-state index in [0.717, 1.165) is 5.57 Å². The zero-order valence-electron chi connectivity index (χ0n) is 16.5. The summed E-state index contributed by atoms with van der Waals surface area (Å²) in [6, 6.07) is 0. The number of hydrogen-bond acceptors (Lipinski definition) is 5. The van der Waals surface area contributed by atoms with Gasteiger partial charge in [-0.15, -0.1) is 0 Å². The summed E-state index contributed by atoms with van der Waals surface area (Å²) in [5, 5.41) is 31.9. The van der Waals surface area contributed by atoms with E-state index >= 15 is 4.39 Å². The Balaban J connectivity index is 1.84. The van der Waals surface area contributed by atoms with Crippen LogP contribution in [0.2, 0.25) is 0 Å². The van der Waals surface area contributed by atoms with Crippen molar-refractivity contribution in [2.45, 2.75) is 69.7 Å². The number of alkyl halides is 1. The minimum atomic E-state index is -1.96. The first kappa shape index (κ1) is 19.9. The number of fused-ring (bicyclic) bond motifs is 5. The average molecular weight is 392 g/mol. The van der Waals surface area contributed by atoms with Crippen molar-refractivity contribution in [2.75, 3.05) is 6.61 Å². The van der Waals surface area contributed by atoms with Gasteiger partial charge in [0.15, 0.2) is 17.2 Å². The lowest BCUT2D eigenvalue weighted by molar-refractivity contribution is -0.225. The van der Waals surface area contributed by atoms with E-state index in [1.54, 1.807) is 19.9 Å². The summed E-state index contributed by atoms with van der Waals surface area (Å²) < 4.78 is 16.9. The van der Waals surface area contributed by atoms with Crippen LogP contribution in [0, 0.1) is 22.7 Å². The molecule has 0 heterocycles. The van der Waals surface area contributed by atoms with Crippen LogP contribution in [0.15, 0.2) is 23.8 Å². The van der Waals surface area contributed by atoms with Gasteiger partial charge in [0.1, 0.15) is 12.3 Å². The number of Topliss-reactive ketones (excluding diaryl/α,β-unsaturated/α-hetero) is 1. The molecule has 3 saturated carbocycles. The molecule has 0 aromatic rings. The van der Waals surface area contributed by atoms with Crippen LogP contribution >= 0.6 is 0 Å². The Morgan fingerprint density at radius 3 is 2.64 bits per heavy atom. The number of aliphatic hydroxyl groups excluding tert-OH is 2. The number of carbonyl (C=O) groups is 2. The molecule has 4 aliphatic carbocycles. The van der Waals surface area contributed by atoms with E-state index in [4.69, 9.17) is 0 Å². The summed E-state index contributed by atoms with van der Waals surface area (Å²) in [5.74, 6) is -1.67. The third-order valence-corrected chi connectivity index (χ3v) is 8.78. The quantitative estimate of drug-likeness (QED) is 0.625. The maximum atomic E-state index is 16.9. The summed E-state index contributed by atoms with van der Waals surface area (Å²) in [6.45, 7) is 6.59. The van der Waals surface area contributed by atoms with E-state index in [1.165, 1.54) is 0 Å². The van der Waals surface area contributed by atoms with Crippen LogP contribution in [0.4, 0.5) is 4.39 Å². The van der Waals surface area contributed by atoms with Gasteiger partial charge in [-0.25, -0.2) is 4.39 Å². The zero-order chi connectivity index (χ0) is 20.7. The van der Waals surface area contributed by atoms with Gasteiger partial charge in [-0.3, -0.25) is 9.59 Å². The number of hydrogen-bond donors (Lipinski definition) is 3. The highest BCUT2D eigenvalue weighted by atomic mass is 19.1. The summed E-state index contributed by atoms with van der Waals surface area (Å²) in [5.41, 5.74) is -4.87. The molecule has 0 unspecified atom stereocenters. The van der Waals surface area contributed by atoms with E-state index in [0.29, 0.717) is 24.8 Å². The standard InChI is InChI=1S/C22H29FO5/c1-12-8-16-15-5-4-13-9-14(25)6-7-19(13,2)21(15,23)17(26)10-20(16,3)22(12,28)18(27)11-24/h9,15-17,24,26,28H,1,4-8,10-11H2,2-3H3/t15-,16-,17-,19-,20-,21-,22-/m0/s1. The maximum absolute atomic E-state index is 16.9. The molecule has 6 heteroatoms. The van der Waals surface area contributed by atoms with Crippen LogP contribution < -0.4 is 0 Å².